The third kappa shape index (κ3) is 6.89. The van der Waals surface area contributed by atoms with Gasteiger partial charge in [0.2, 0.25) is 0 Å². The third-order valence-electron chi connectivity index (χ3n) is 3.18. The maximum Gasteiger partial charge on any atom is 0.190 e. The van der Waals surface area contributed by atoms with Crippen LogP contribution in [0.5, 0.6) is 5.75 Å². The van der Waals surface area contributed by atoms with E-state index in [1.807, 2.05) is 0 Å². The predicted molar refractivity (Wildman–Crippen MR) is 82.5 cm³/mol. The van der Waals surface area contributed by atoms with Gasteiger partial charge in [0.1, 0.15) is 0 Å². The molecule has 0 spiro atoms. The van der Waals surface area contributed by atoms with E-state index in [-0.39, 0.29) is 5.75 Å². The molecule has 1 aromatic rings. The minimum Gasteiger partial charge on any atom is -0.488 e. The SMILES string of the molecule is CCCCCCOc1c(F)cc(CNCC(C)C)cc1F. The van der Waals surface area contributed by atoms with E-state index in [1.54, 1.807) is 0 Å². The van der Waals surface area contributed by atoms with E-state index < -0.39 is 11.6 Å². The Morgan fingerprint density at radius 3 is 2.33 bits per heavy atom. The highest BCUT2D eigenvalue weighted by atomic mass is 19.1. The molecule has 4 heteroatoms. The van der Waals surface area contributed by atoms with Gasteiger partial charge in [-0.1, -0.05) is 40.0 Å². The molecule has 1 rings (SSSR count). The molecule has 2 nitrogen and oxygen atoms in total. The Balaban J connectivity index is 2.50. The van der Waals surface area contributed by atoms with Crippen molar-refractivity contribution in [1.82, 2.24) is 5.32 Å². The lowest BCUT2D eigenvalue weighted by atomic mass is 10.1. The minimum atomic E-state index is -0.619. The topological polar surface area (TPSA) is 21.3 Å². The molecular weight excluding hydrogens is 272 g/mol. The van der Waals surface area contributed by atoms with Crippen LogP contribution < -0.4 is 10.1 Å². The third-order valence-corrected chi connectivity index (χ3v) is 3.18. The van der Waals surface area contributed by atoms with Crippen molar-refractivity contribution in [1.29, 1.82) is 0 Å². The lowest BCUT2D eigenvalue weighted by molar-refractivity contribution is 0.275. The Bertz CT molecular complexity index is 398. The summed E-state index contributed by atoms with van der Waals surface area (Å²) < 4.78 is 33.0. The van der Waals surface area contributed by atoms with Gasteiger partial charge >= 0.3 is 0 Å². The molecule has 0 amide bonds. The van der Waals surface area contributed by atoms with Crippen molar-refractivity contribution in [3.05, 3.63) is 29.3 Å². The van der Waals surface area contributed by atoms with Crippen LogP contribution in [0.2, 0.25) is 0 Å². The summed E-state index contributed by atoms with van der Waals surface area (Å²) in [6.45, 7) is 7.93. The first kappa shape index (κ1) is 17.9. The van der Waals surface area contributed by atoms with E-state index in [1.165, 1.54) is 12.1 Å². The summed E-state index contributed by atoms with van der Waals surface area (Å²) in [4.78, 5) is 0. The Hall–Kier alpha value is -1.16. The van der Waals surface area contributed by atoms with E-state index in [2.05, 4.69) is 26.1 Å². The molecule has 0 heterocycles. The monoisotopic (exact) mass is 299 g/mol. The van der Waals surface area contributed by atoms with E-state index >= 15 is 0 Å². The van der Waals surface area contributed by atoms with Crippen LogP contribution >= 0.6 is 0 Å². The number of halogens is 2. The average molecular weight is 299 g/mol. The highest BCUT2D eigenvalue weighted by molar-refractivity contribution is 5.31. The van der Waals surface area contributed by atoms with Crippen LogP contribution in [0, 0.1) is 17.6 Å². The summed E-state index contributed by atoms with van der Waals surface area (Å²) in [6, 6.07) is 2.69. The first-order valence-electron chi connectivity index (χ1n) is 7.86. The molecule has 0 bridgehead atoms. The maximum absolute atomic E-state index is 13.9. The number of benzene rings is 1. The van der Waals surface area contributed by atoms with Gasteiger partial charge in [-0.15, -0.1) is 0 Å². The molecule has 0 saturated heterocycles. The van der Waals surface area contributed by atoms with Crippen LogP contribution in [0.1, 0.15) is 52.0 Å². The molecule has 0 radical (unpaired) electrons. The van der Waals surface area contributed by atoms with E-state index in [0.29, 0.717) is 24.6 Å². The zero-order chi connectivity index (χ0) is 15.7. The first-order valence-corrected chi connectivity index (χ1v) is 7.86. The van der Waals surface area contributed by atoms with Crippen molar-refractivity contribution in [2.24, 2.45) is 5.92 Å². The molecule has 120 valence electrons. The van der Waals surface area contributed by atoms with Crippen molar-refractivity contribution < 1.29 is 13.5 Å². The fourth-order valence-electron chi connectivity index (χ4n) is 2.06. The molecule has 1 N–H and O–H groups in total. The van der Waals surface area contributed by atoms with Crippen molar-refractivity contribution in [3.63, 3.8) is 0 Å². The Kier molecular flexibility index (Phi) is 8.28. The summed E-state index contributed by atoms with van der Waals surface area (Å²) in [7, 11) is 0. The second kappa shape index (κ2) is 9.72. The normalized spacial score (nSPS) is 11.1. The minimum absolute atomic E-state index is 0.251. The van der Waals surface area contributed by atoms with Gasteiger partial charge < -0.3 is 10.1 Å². The Morgan fingerprint density at radius 2 is 1.76 bits per heavy atom. The second-order valence-corrected chi connectivity index (χ2v) is 5.82. The van der Waals surface area contributed by atoms with Gasteiger partial charge in [0, 0.05) is 6.54 Å². The average Bonchev–Trinajstić information content (AvgIpc) is 2.40. The van der Waals surface area contributed by atoms with Gasteiger partial charge in [-0.05, 0) is 36.6 Å². The number of nitrogens with one attached hydrogen (secondary N) is 1. The van der Waals surface area contributed by atoms with Gasteiger partial charge in [-0.2, -0.15) is 0 Å². The quantitative estimate of drug-likeness (QED) is 0.634. The molecular formula is C17H27F2NO. The molecule has 0 aliphatic carbocycles. The Morgan fingerprint density at radius 1 is 1.10 bits per heavy atom. The maximum atomic E-state index is 13.9. The van der Waals surface area contributed by atoms with Gasteiger partial charge in [-0.25, -0.2) is 8.78 Å². The van der Waals surface area contributed by atoms with Gasteiger partial charge in [0.25, 0.3) is 0 Å². The summed E-state index contributed by atoms with van der Waals surface area (Å²) in [5.41, 5.74) is 0.601. The van der Waals surface area contributed by atoms with Crippen molar-refractivity contribution >= 4 is 0 Å². The van der Waals surface area contributed by atoms with Crippen LogP contribution in [0.15, 0.2) is 12.1 Å². The molecule has 0 unspecified atom stereocenters. The van der Waals surface area contributed by atoms with E-state index in [9.17, 15) is 8.78 Å². The number of rotatable bonds is 10. The summed E-state index contributed by atoms with van der Waals surface area (Å²) in [6.07, 6.45) is 4.09. The number of hydrogen-bond acceptors (Lipinski definition) is 2. The molecule has 0 aliphatic heterocycles. The van der Waals surface area contributed by atoms with E-state index in [4.69, 9.17) is 4.74 Å². The largest absolute Gasteiger partial charge is 0.488 e. The zero-order valence-electron chi connectivity index (χ0n) is 13.3. The number of unbranched alkanes of at least 4 members (excludes halogenated alkanes) is 3. The van der Waals surface area contributed by atoms with Gasteiger partial charge in [0.05, 0.1) is 6.61 Å². The molecule has 0 aliphatic rings. The fourth-order valence-corrected chi connectivity index (χ4v) is 2.06. The molecule has 21 heavy (non-hydrogen) atoms. The van der Waals surface area contributed by atoms with Gasteiger partial charge in [0.15, 0.2) is 17.4 Å². The highest BCUT2D eigenvalue weighted by Gasteiger charge is 2.12. The zero-order valence-corrected chi connectivity index (χ0v) is 13.3. The summed E-state index contributed by atoms with van der Waals surface area (Å²) >= 11 is 0. The van der Waals surface area contributed by atoms with Gasteiger partial charge in [-0.3, -0.25) is 0 Å². The molecule has 0 fully saturated rings. The summed E-state index contributed by atoms with van der Waals surface area (Å²) in [5.74, 6) is -0.983. The highest BCUT2D eigenvalue weighted by Crippen LogP contribution is 2.23. The van der Waals surface area contributed by atoms with Crippen molar-refractivity contribution in [3.8, 4) is 5.75 Å². The first-order chi connectivity index (χ1) is 10.0. The smallest absolute Gasteiger partial charge is 0.190 e. The van der Waals surface area contributed by atoms with Crippen LogP contribution in [0.4, 0.5) is 8.78 Å². The predicted octanol–water partition coefficient (Wildman–Crippen LogP) is 4.67. The van der Waals surface area contributed by atoms with Crippen LogP contribution in [-0.2, 0) is 6.54 Å². The van der Waals surface area contributed by atoms with Crippen molar-refractivity contribution in [2.45, 2.75) is 53.0 Å². The Labute approximate surface area is 126 Å². The fraction of sp³-hybridized carbons (Fsp3) is 0.647. The molecule has 1 aromatic carbocycles. The molecule has 0 aromatic heterocycles. The number of ether oxygens (including phenoxy) is 1. The number of hydrogen-bond donors (Lipinski definition) is 1. The van der Waals surface area contributed by atoms with Crippen LogP contribution in [-0.4, -0.2) is 13.2 Å². The standard InChI is InChI=1S/C17H27F2NO/c1-4-5-6-7-8-21-17-15(18)9-14(10-16(17)19)12-20-11-13(2)3/h9-10,13,20H,4-8,11-12H2,1-3H3. The van der Waals surface area contributed by atoms with Crippen molar-refractivity contribution in [2.75, 3.05) is 13.2 Å². The molecule has 0 saturated carbocycles. The molecule has 0 atom stereocenters. The van der Waals surface area contributed by atoms with Crippen LogP contribution in [0.25, 0.3) is 0 Å². The van der Waals surface area contributed by atoms with E-state index in [0.717, 1.165) is 32.2 Å². The van der Waals surface area contributed by atoms with Crippen LogP contribution in [0.3, 0.4) is 0 Å². The lowest BCUT2D eigenvalue weighted by Crippen LogP contribution is -2.19. The lowest BCUT2D eigenvalue weighted by Gasteiger charge is -2.11. The second-order valence-electron chi connectivity index (χ2n) is 5.82. The summed E-state index contributed by atoms with van der Waals surface area (Å²) in [5, 5.41) is 3.17.